The van der Waals surface area contributed by atoms with E-state index in [1.807, 2.05) is 55.5 Å². The number of fused-ring (bicyclic) bond motifs is 1. The number of carbonyl (C=O) groups is 2. The van der Waals surface area contributed by atoms with E-state index in [-0.39, 0.29) is 30.7 Å². The highest BCUT2D eigenvalue weighted by atomic mass is 16.7. The van der Waals surface area contributed by atoms with Crippen molar-refractivity contribution in [3.05, 3.63) is 54.1 Å². The zero-order valence-electron chi connectivity index (χ0n) is 16.4. The lowest BCUT2D eigenvalue weighted by Gasteiger charge is -2.32. The van der Waals surface area contributed by atoms with Crippen molar-refractivity contribution in [3.63, 3.8) is 0 Å². The van der Waals surface area contributed by atoms with Gasteiger partial charge >= 0.3 is 6.03 Å². The van der Waals surface area contributed by atoms with Gasteiger partial charge in [0, 0.05) is 18.8 Å². The third kappa shape index (κ3) is 4.45. The van der Waals surface area contributed by atoms with Crippen LogP contribution in [-0.4, -0.2) is 36.7 Å². The summed E-state index contributed by atoms with van der Waals surface area (Å²) >= 11 is 0. The smallest absolute Gasteiger partial charge is 0.321 e. The Morgan fingerprint density at radius 3 is 2.72 bits per heavy atom. The maximum atomic E-state index is 12.8. The lowest BCUT2D eigenvalue weighted by atomic mass is 9.96. The minimum atomic E-state index is -0.221. The fourth-order valence-corrected chi connectivity index (χ4v) is 3.70. The van der Waals surface area contributed by atoms with E-state index in [1.54, 1.807) is 4.90 Å². The van der Waals surface area contributed by atoms with Crippen LogP contribution in [0, 0.1) is 5.92 Å². The van der Waals surface area contributed by atoms with E-state index in [9.17, 15) is 9.59 Å². The highest BCUT2D eigenvalue weighted by Gasteiger charge is 2.29. The van der Waals surface area contributed by atoms with Gasteiger partial charge in [0.05, 0.1) is 12.0 Å². The van der Waals surface area contributed by atoms with Crippen molar-refractivity contribution < 1.29 is 19.1 Å². The average Bonchev–Trinajstić information content (AvgIpc) is 3.22. The van der Waals surface area contributed by atoms with Crippen LogP contribution in [0.15, 0.2) is 48.5 Å². The molecule has 2 atom stereocenters. The predicted molar refractivity (Wildman–Crippen MR) is 109 cm³/mol. The quantitative estimate of drug-likeness (QED) is 0.830. The van der Waals surface area contributed by atoms with E-state index < -0.39 is 0 Å². The van der Waals surface area contributed by atoms with Crippen molar-refractivity contribution in [3.8, 4) is 11.5 Å². The predicted octanol–water partition coefficient (Wildman–Crippen LogP) is 3.54. The first-order valence-electron chi connectivity index (χ1n) is 9.91. The van der Waals surface area contributed by atoms with Gasteiger partial charge in [-0.05, 0) is 49.6 Å². The van der Waals surface area contributed by atoms with Crippen LogP contribution in [0.4, 0.5) is 10.5 Å². The second kappa shape index (κ2) is 8.43. The Labute approximate surface area is 170 Å². The summed E-state index contributed by atoms with van der Waals surface area (Å²) < 4.78 is 10.7. The summed E-state index contributed by atoms with van der Waals surface area (Å²) in [6, 6.07) is 14.7. The maximum Gasteiger partial charge on any atom is 0.321 e. The second-order valence-corrected chi connectivity index (χ2v) is 7.42. The summed E-state index contributed by atoms with van der Waals surface area (Å²) in [6.45, 7) is 3.24. The number of ether oxygens (including phenoxy) is 2. The number of hydrogen-bond acceptors (Lipinski definition) is 4. The van der Waals surface area contributed by atoms with E-state index in [0.717, 1.165) is 29.8 Å². The van der Waals surface area contributed by atoms with Gasteiger partial charge in [-0.25, -0.2) is 4.79 Å². The molecule has 2 heterocycles. The van der Waals surface area contributed by atoms with Gasteiger partial charge in [0.25, 0.3) is 0 Å². The number of piperidine rings is 1. The molecule has 0 spiro atoms. The van der Waals surface area contributed by atoms with E-state index >= 15 is 0 Å². The zero-order valence-corrected chi connectivity index (χ0v) is 16.4. The molecule has 4 rings (SSSR count). The molecule has 152 valence electrons. The van der Waals surface area contributed by atoms with Gasteiger partial charge in [-0.15, -0.1) is 0 Å². The van der Waals surface area contributed by atoms with E-state index in [1.165, 1.54) is 0 Å². The standard InChI is InChI=1S/C22H25N3O4/c1-15(16-9-10-19-20(12-16)29-14-28-19)23-21(26)17-6-5-11-25(13-17)22(27)24-18-7-3-2-4-8-18/h2-4,7-10,12,15,17H,5-6,11,13-14H2,1H3,(H,23,26)(H,24,27)/t15-,17-/m1/s1. The van der Waals surface area contributed by atoms with Crippen molar-refractivity contribution >= 4 is 17.6 Å². The Balaban J connectivity index is 1.34. The number of amides is 3. The van der Waals surface area contributed by atoms with Gasteiger partial charge < -0.3 is 25.0 Å². The van der Waals surface area contributed by atoms with E-state index in [2.05, 4.69) is 10.6 Å². The first kappa shape index (κ1) is 19.1. The number of nitrogens with zero attached hydrogens (tertiary/aromatic N) is 1. The van der Waals surface area contributed by atoms with E-state index in [4.69, 9.17) is 9.47 Å². The summed E-state index contributed by atoms with van der Waals surface area (Å²) in [7, 11) is 0. The largest absolute Gasteiger partial charge is 0.454 e. The highest BCUT2D eigenvalue weighted by molar-refractivity contribution is 5.90. The van der Waals surface area contributed by atoms with Crippen LogP contribution in [-0.2, 0) is 4.79 Å². The molecule has 7 heteroatoms. The summed E-state index contributed by atoms with van der Waals surface area (Å²) in [5, 5.41) is 5.96. The topological polar surface area (TPSA) is 79.9 Å². The second-order valence-electron chi connectivity index (χ2n) is 7.42. The molecule has 0 bridgehead atoms. The number of anilines is 1. The fourth-order valence-electron chi connectivity index (χ4n) is 3.70. The van der Waals surface area contributed by atoms with E-state index in [0.29, 0.717) is 18.8 Å². The molecule has 0 unspecified atom stereocenters. The molecule has 2 aliphatic heterocycles. The summed E-state index contributed by atoms with van der Waals surface area (Å²) in [6.07, 6.45) is 1.58. The Bertz CT molecular complexity index is 887. The van der Waals surface area contributed by atoms with Gasteiger partial charge in [0.15, 0.2) is 11.5 Å². The Morgan fingerprint density at radius 2 is 1.90 bits per heavy atom. The first-order chi connectivity index (χ1) is 14.1. The molecule has 1 saturated heterocycles. The summed E-state index contributed by atoms with van der Waals surface area (Å²) in [4.78, 5) is 27.1. The average molecular weight is 395 g/mol. The molecule has 0 aliphatic carbocycles. The van der Waals surface area contributed by atoms with Gasteiger partial charge in [-0.1, -0.05) is 24.3 Å². The molecule has 7 nitrogen and oxygen atoms in total. The van der Waals surface area contributed by atoms with Crippen LogP contribution in [0.1, 0.15) is 31.4 Å². The number of carbonyl (C=O) groups excluding carboxylic acids is 2. The van der Waals surface area contributed by atoms with Crippen molar-refractivity contribution in [2.24, 2.45) is 5.92 Å². The van der Waals surface area contributed by atoms with Gasteiger partial charge in [0.1, 0.15) is 0 Å². The summed E-state index contributed by atoms with van der Waals surface area (Å²) in [5.74, 6) is 1.17. The molecular formula is C22H25N3O4. The zero-order chi connectivity index (χ0) is 20.2. The van der Waals surface area contributed by atoms with Crippen LogP contribution < -0.4 is 20.1 Å². The van der Waals surface area contributed by atoms with Crippen LogP contribution in [0.25, 0.3) is 0 Å². The molecular weight excluding hydrogens is 370 g/mol. The number of urea groups is 1. The lowest BCUT2D eigenvalue weighted by Crippen LogP contribution is -2.47. The third-order valence-corrected chi connectivity index (χ3v) is 5.36. The van der Waals surface area contributed by atoms with Gasteiger partial charge in [-0.3, -0.25) is 4.79 Å². The van der Waals surface area contributed by atoms with Crippen molar-refractivity contribution in [1.29, 1.82) is 0 Å². The summed E-state index contributed by atoms with van der Waals surface area (Å²) in [5.41, 5.74) is 1.71. The SMILES string of the molecule is C[C@@H](NC(=O)[C@@H]1CCCN(C(=O)Nc2ccccc2)C1)c1ccc2c(c1)OCO2. The van der Waals surface area contributed by atoms with Crippen LogP contribution in [0.3, 0.4) is 0 Å². The van der Waals surface area contributed by atoms with Crippen LogP contribution in [0.5, 0.6) is 11.5 Å². The molecule has 3 amide bonds. The minimum absolute atomic E-state index is 0.0348. The number of likely N-dealkylation sites (tertiary alicyclic amines) is 1. The maximum absolute atomic E-state index is 12.8. The molecule has 2 N–H and O–H groups in total. The molecule has 1 fully saturated rings. The monoisotopic (exact) mass is 395 g/mol. The Kier molecular flexibility index (Phi) is 5.55. The van der Waals surface area contributed by atoms with Gasteiger partial charge in [-0.2, -0.15) is 0 Å². The number of hydrogen-bond donors (Lipinski definition) is 2. The Hall–Kier alpha value is -3.22. The number of para-hydroxylation sites is 1. The molecule has 0 aromatic heterocycles. The van der Waals surface area contributed by atoms with Crippen LogP contribution >= 0.6 is 0 Å². The minimum Gasteiger partial charge on any atom is -0.454 e. The molecule has 2 aliphatic rings. The molecule has 2 aromatic carbocycles. The number of rotatable bonds is 4. The molecule has 29 heavy (non-hydrogen) atoms. The first-order valence-corrected chi connectivity index (χ1v) is 9.91. The molecule has 0 saturated carbocycles. The lowest BCUT2D eigenvalue weighted by molar-refractivity contribution is -0.126. The van der Waals surface area contributed by atoms with Crippen molar-refractivity contribution in [1.82, 2.24) is 10.2 Å². The van der Waals surface area contributed by atoms with Crippen molar-refractivity contribution in [2.45, 2.75) is 25.8 Å². The van der Waals surface area contributed by atoms with Crippen LogP contribution in [0.2, 0.25) is 0 Å². The molecule has 0 radical (unpaired) electrons. The number of nitrogens with one attached hydrogen (secondary N) is 2. The molecule has 2 aromatic rings. The van der Waals surface area contributed by atoms with Crippen molar-refractivity contribution in [2.75, 3.05) is 25.2 Å². The highest BCUT2D eigenvalue weighted by Crippen LogP contribution is 2.34. The third-order valence-electron chi connectivity index (χ3n) is 5.36. The Morgan fingerprint density at radius 1 is 1.10 bits per heavy atom. The number of benzene rings is 2. The van der Waals surface area contributed by atoms with Gasteiger partial charge in [0.2, 0.25) is 12.7 Å². The fraction of sp³-hybridized carbons (Fsp3) is 0.364. The normalized spacial score (nSPS) is 18.8.